The minimum Gasteiger partial charge on any atom is -0.309 e. The zero-order valence-corrected chi connectivity index (χ0v) is 21.8. The van der Waals surface area contributed by atoms with Crippen LogP contribution < -0.4 is 0 Å². The van der Waals surface area contributed by atoms with Crippen molar-refractivity contribution in [2.75, 3.05) is 0 Å². The van der Waals surface area contributed by atoms with Gasteiger partial charge in [0.05, 0.1) is 33.8 Å². The van der Waals surface area contributed by atoms with Gasteiger partial charge in [0, 0.05) is 28.1 Å². The number of hydrogen-bond acceptors (Lipinski definition) is 3. The van der Waals surface area contributed by atoms with Crippen molar-refractivity contribution >= 4 is 21.8 Å². The van der Waals surface area contributed by atoms with Gasteiger partial charge in [0.15, 0.2) is 5.82 Å². The van der Waals surface area contributed by atoms with Crippen molar-refractivity contribution in [3.05, 3.63) is 133 Å². The molecule has 0 amide bonds. The van der Waals surface area contributed by atoms with Gasteiger partial charge in [0.2, 0.25) is 0 Å². The van der Waals surface area contributed by atoms with E-state index >= 15 is 0 Å². The van der Waals surface area contributed by atoms with Crippen LogP contribution in [0.4, 0.5) is 0 Å². The van der Waals surface area contributed by atoms with E-state index in [1.54, 1.807) is 6.20 Å². The van der Waals surface area contributed by atoms with Gasteiger partial charge in [0.1, 0.15) is 0 Å². The summed E-state index contributed by atoms with van der Waals surface area (Å²) in [4.78, 5) is 14.8. The minimum absolute atomic E-state index is 0.668. The second-order valence-electron chi connectivity index (χ2n) is 9.94. The molecule has 0 spiro atoms. The molecule has 7 rings (SSSR count). The van der Waals surface area contributed by atoms with Crippen molar-refractivity contribution in [3.63, 3.8) is 0 Å². The summed E-state index contributed by atoms with van der Waals surface area (Å²) >= 11 is 0. The summed E-state index contributed by atoms with van der Waals surface area (Å²) < 4.78 is 2.35. The topological polar surface area (TPSA) is 43.6 Å². The van der Waals surface area contributed by atoms with Gasteiger partial charge < -0.3 is 4.57 Å². The fraction of sp³-hybridized carbons (Fsp3) is 0.0571. The summed E-state index contributed by atoms with van der Waals surface area (Å²) in [5.41, 5.74) is 10.3. The molecular formula is C35H26N4. The highest BCUT2D eigenvalue weighted by atomic mass is 15.0. The Morgan fingerprint density at radius 1 is 0.538 bits per heavy atom. The third-order valence-electron chi connectivity index (χ3n) is 7.18. The zero-order valence-electron chi connectivity index (χ0n) is 21.8. The molecule has 0 radical (unpaired) electrons. The number of para-hydroxylation sites is 1. The Bertz CT molecular complexity index is 1860. The Labute approximate surface area is 227 Å². The average Bonchev–Trinajstić information content (AvgIpc) is 3.30. The predicted octanol–water partition coefficient (Wildman–Crippen LogP) is 8.59. The average molecular weight is 503 g/mol. The molecule has 0 bridgehead atoms. The Balaban J connectivity index is 1.52. The van der Waals surface area contributed by atoms with Crippen LogP contribution in [-0.4, -0.2) is 19.5 Å². The van der Waals surface area contributed by atoms with Gasteiger partial charge in [-0.1, -0.05) is 71.8 Å². The van der Waals surface area contributed by atoms with E-state index in [4.69, 9.17) is 9.97 Å². The van der Waals surface area contributed by atoms with Crippen LogP contribution in [0.15, 0.2) is 121 Å². The van der Waals surface area contributed by atoms with Crippen molar-refractivity contribution in [3.8, 4) is 39.7 Å². The summed E-state index contributed by atoms with van der Waals surface area (Å²) in [7, 11) is 0. The SMILES string of the molecule is Cc1ccc2c(c1)c1cc(C)ccc1n2-c1ccccc1-c1nc(-c2ccccc2)cc(-c2ccccn2)n1. The molecule has 0 N–H and O–H groups in total. The van der Waals surface area contributed by atoms with Crippen molar-refractivity contribution < 1.29 is 0 Å². The second kappa shape index (κ2) is 9.34. The second-order valence-corrected chi connectivity index (χ2v) is 9.94. The van der Waals surface area contributed by atoms with Crippen LogP contribution in [-0.2, 0) is 0 Å². The molecule has 0 fully saturated rings. The standard InChI is InChI=1S/C35H26N4/c1-23-15-17-33-27(20-23)28-21-24(2)16-18-34(28)39(33)32-14-7-6-12-26(32)35-37-30(25-10-4-3-5-11-25)22-31(38-35)29-13-8-9-19-36-29/h3-22H,1-2H3. The van der Waals surface area contributed by atoms with Gasteiger partial charge in [-0.2, -0.15) is 0 Å². The first-order valence-corrected chi connectivity index (χ1v) is 13.1. The fourth-order valence-electron chi connectivity index (χ4n) is 5.34. The van der Waals surface area contributed by atoms with Crippen LogP contribution in [0.2, 0.25) is 0 Å². The molecule has 39 heavy (non-hydrogen) atoms. The molecule has 0 aliphatic heterocycles. The van der Waals surface area contributed by atoms with E-state index in [9.17, 15) is 0 Å². The molecule has 186 valence electrons. The molecule has 3 aromatic heterocycles. The van der Waals surface area contributed by atoms with Crippen LogP contribution in [0.3, 0.4) is 0 Å². The number of fused-ring (bicyclic) bond motifs is 3. The lowest BCUT2D eigenvalue weighted by molar-refractivity contribution is 1.13. The third-order valence-corrected chi connectivity index (χ3v) is 7.18. The molecule has 4 heteroatoms. The summed E-state index contributed by atoms with van der Waals surface area (Å²) in [5, 5.41) is 2.49. The van der Waals surface area contributed by atoms with Crippen molar-refractivity contribution in [1.29, 1.82) is 0 Å². The van der Waals surface area contributed by atoms with Crippen molar-refractivity contribution in [2.45, 2.75) is 13.8 Å². The normalized spacial score (nSPS) is 11.3. The zero-order chi connectivity index (χ0) is 26.3. The highest BCUT2D eigenvalue weighted by Gasteiger charge is 2.18. The van der Waals surface area contributed by atoms with Gasteiger partial charge in [-0.25, -0.2) is 9.97 Å². The Morgan fingerprint density at radius 2 is 1.18 bits per heavy atom. The maximum Gasteiger partial charge on any atom is 0.162 e. The number of aryl methyl sites for hydroxylation is 2. The van der Waals surface area contributed by atoms with E-state index in [1.165, 1.54) is 21.9 Å². The highest BCUT2D eigenvalue weighted by Crippen LogP contribution is 2.37. The van der Waals surface area contributed by atoms with E-state index in [1.807, 2.05) is 42.5 Å². The number of nitrogens with zero attached hydrogens (tertiary/aromatic N) is 4. The van der Waals surface area contributed by atoms with Gasteiger partial charge in [-0.15, -0.1) is 0 Å². The Hall–Kier alpha value is -5.09. The van der Waals surface area contributed by atoms with E-state index in [0.717, 1.165) is 44.9 Å². The minimum atomic E-state index is 0.668. The first kappa shape index (κ1) is 23.1. The molecular weight excluding hydrogens is 476 g/mol. The third kappa shape index (κ3) is 4.07. The van der Waals surface area contributed by atoms with Crippen LogP contribution in [0.1, 0.15) is 11.1 Å². The Morgan fingerprint density at radius 3 is 1.87 bits per heavy atom. The highest BCUT2D eigenvalue weighted by molar-refractivity contribution is 6.10. The molecule has 4 aromatic carbocycles. The number of benzene rings is 4. The summed E-state index contributed by atoms with van der Waals surface area (Å²) in [6.45, 7) is 4.29. The summed E-state index contributed by atoms with van der Waals surface area (Å²) in [5.74, 6) is 0.668. The van der Waals surface area contributed by atoms with Gasteiger partial charge in [-0.3, -0.25) is 4.98 Å². The smallest absolute Gasteiger partial charge is 0.162 e. The summed E-state index contributed by atoms with van der Waals surface area (Å²) in [6, 6.07) is 39.9. The van der Waals surface area contributed by atoms with E-state index in [2.05, 4.69) is 96.2 Å². The maximum atomic E-state index is 5.11. The number of pyridine rings is 1. The quantitative estimate of drug-likeness (QED) is 0.242. The monoisotopic (exact) mass is 502 g/mol. The molecule has 3 heterocycles. The van der Waals surface area contributed by atoms with Crippen LogP contribution in [0, 0.1) is 13.8 Å². The van der Waals surface area contributed by atoms with Crippen molar-refractivity contribution in [2.24, 2.45) is 0 Å². The largest absolute Gasteiger partial charge is 0.309 e. The van der Waals surface area contributed by atoms with Gasteiger partial charge in [0.25, 0.3) is 0 Å². The molecule has 0 aliphatic carbocycles. The lowest BCUT2D eigenvalue weighted by atomic mass is 10.1. The predicted molar refractivity (Wildman–Crippen MR) is 160 cm³/mol. The van der Waals surface area contributed by atoms with Gasteiger partial charge >= 0.3 is 0 Å². The van der Waals surface area contributed by atoms with Crippen LogP contribution in [0.5, 0.6) is 0 Å². The molecule has 0 unspecified atom stereocenters. The van der Waals surface area contributed by atoms with Gasteiger partial charge in [-0.05, 0) is 68.4 Å². The Kier molecular flexibility index (Phi) is 5.52. The summed E-state index contributed by atoms with van der Waals surface area (Å²) in [6.07, 6.45) is 1.80. The van der Waals surface area contributed by atoms with E-state index in [-0.39, 0.29) is 0 Å². The fourth-order valence-corrected chi connectivity index (χ4v) is 5.34. The number of aromatic nitrogens is 4. The molecule has 4 nitrogen and oxygen atoms in total. The number of hydrogen-bond donors (Lipinski definition) is 0. The maximum absolute atomic E-state index is 5.11. The number of rotatable bonds is 4. The van der Waals surface area contributed by atoms with E-state index < -0.39 is 0 Å². The molecule has 0 atom stereocenters. The van der Waals surface area contributed by atoms with Crippen LogP contribution >= 0.6 is 0 Å². The lowest BCUT2D eigenvalue weighted by Crippen LogP contribution is -2.01. The first-order chi connectivity index (χ1) is 19.2. The molecule has 0 aliphatic rings. The molecule has 7 aromatic rings. The molecule has 0 saturated carbocycles. The van der Waals surface area contributed by atoms with Crippen LogP contribution in [0.25, 0.3) is 61.5 Å². The molecule has 0 saturated heterocycles. The first-order valence-electron chi connectivity index (χ1n) is 13.1. The van der Waals surface area contributed by atoms with Crippen molar-refractivity contribution in [1.82, 2.24) is 19.5 Å². The van der Waals surface area contributed by atoms with E-state index in [0.29, 0.717) is 5.82 Å². The lowest BCUT2D eigenvalue weighted by Gasteiger charge is -2.15.